The molecule has 0 radical (unpaired) electrons. The molecule has 1 aromatic carbocycles. The zero-order chi connectivity index (χ0) is 18.9. The van der Waals surface area contributed by atoms with E-state index in [4.69, 9.17) is 0 Å². The number of anilines is 1. The largest absolute Gasteiger partial charge is 0.468 e. The average Bonchev–Trinajstić information content (AvgIpc) is 3.07. The lowest BCUT2D eigenvalue weighted by atomic mass is 10.2. The Kier molecular flexibility index (Phi) is 7.81. The molecule has 1 heterocycles. The maximum absolute atomic E-state index is 11.9. The van der Waals surface area contributed by atoms with Crippen LogP contribution in [0.1, 0.15) is 5.56 Å². The van der Waals surface area contributed by atoms with Crippen molar-refractivity contribution in [2.24, 2.45) is 0 Å². The van der Waals surface area contributed by atoms with Crippen molar-refractivity contribution < 1.29 is 19.2 Å². The standard InChI is InChI=1S/C14H14N4O5S3/c1-23-12(20)8-25-14-17-16-13(26-14)15-11(19)7-24-6-9-2-4-10(5-3-9)18(21)22/h2-5H,6-8H2,1H3,(H,15,16,19). The molecule has 0 atom stereocenters. The highest BCUT2D eigenvalue weighted by Crippen LogP contribution is 2.25. The van der Waals surface area contributed by atoms with Crippen LogP contribution in [0.5, 0.6) is 0 Å². The number of rotatable bonds is 9. The van der Waals surface area contributed by atoms with E-state index in [0.717, 1.165) is 5.56 Å². The zero-order valence-electron chi connectivity index (χ0n) is 13.5. The van der Waals surface area contributed by atoms with E-state index in [1.807, 2.05) is 0 Å². The van der Waals surface area contributed by atoms with Crippen LogP contribution in [0.4, 0.5) is 10.8 Å². The molecular weight excluding hydrogens is 400 g/mol. The number of esters is 1. The quantitative estimate of drug-likeness (QED) is 0.217. The Labute approximate surface area is 161 Å². The third-order valence-corrected chi connectivity index (χ3v) is 5.79. The monoisotopic (exact) mass is 414 g/mol. The predicted octanol–water partition coefficient (Wildman–Crippen LogP) is 2.58. The van der Waals surface area contributed by atoms with Gasteiger partial charge in [-0.3, -0.25) is 25.0 Å². The molecule has 1 amide bonds. The second-order valence-corrected chi connectivity index (χ2v) is 7.89. The number of hydrogen-bond acceptors (Lipinski definition) is 10. The summed E-state index contributed by atoms with van der Waals surface area (Å²) in [6.07, 6.45) is 0. The van der Waals surface area contributed by atoms with E-state index in [-0.39, 0.29) is 29.1 Å². The molecule has 2 aromatic rings. The second kappa shape index (κ2) is 10.1. The number of carbonyl (C=O) groups is 2. The maximum atomic E-state index is 11.9. The number of carbonyl (C=O) groups excluding carboxylic acids is 2. The number of nitro benzene ring substituents is 1. The lowest BCUT2D eigenvalue weighted by Gasteiger charge is -2.02. The minimum absolute atomic E-state index is 0.0358. The van der Waals surface area contributed by atoms with Crippen LogP contribution < -0.4 is 5.32 Å². The molecular formula is C14H14N4O5S3. The van der Waals surface area contributed by atoms with Crippen LogP contribution in [0.25, 0.3) is 0 Å². The summed E-state index contributed by atoms with van der Waals surface area (Å²) in [5.74, 6) is 0.309. The fourth-order valence-electron chi connectivity index (χ4n) is 1.63. The van der Waals surface area contributed by atoms with E-state index in [2.05, 4.69) is 20.3 Å². The maximum Gasteiger partial charge on any atom is 0.316 e. The molecule has 0 aliphatic carbocycles. The summed E-state index contributed by atoms with van der Waals surface area (Å²) < 4.78 is 5.09. The van der Waals surface area contributed by atoms with Crippen molar-refractivity contribution in [3.63, 3.8) is 0 Å². The molecule has 1 aromatic heterocycles. The normalized spacial score (nSPS) is 10.3. The highest BCUT2D eigenvalue weighted by atomic mass is 32.2. The van der Waals surface area contributed by atoms with E-state index < -0.39 is 4.92 Å². The number of ether oxygens (including phenoxy) is 1. The van der Waals surface area contributed by atoms with Gasteiger partial charge < -0.3 is 4.74 Å². The fraction of sp³-hybridized carbons (Fsp3) is 0.286. The van der Waals surface area contributed by atoms with E-state index >= 15 is 0 Å². The summed E-state index contributed by atoms with van der Waals surface area (Å²) in [6, 6.07) is 6.20. The first kappa shape index (κ1) is 20.1. The topological polar surface area (TPSA) is 124 Å². The van der Waals surface area contributed by atoms with E-state index in [1.54, 1.807) is 12.1 Å². The van der Waals surface area contributed by atoms with Gasteiger partial charge in [0.1, 0.15) is 0 Å². The van der Waals surface area contributed by atoms with Gasteiger partial charge in [-0.05, 0) is 5.56 Å². The van der Waals surface area contributed by atoms with Crippen LogP contribution in [-0.2, 0) is 20.1 Å². The number of amides is 1. The van der Waals surface area contributed by atoms with Gasteiger partial charge in [-0.1, -0.05) is 35.2 Å². The van der Waals surface area contributed by atoms with Crippen LogP contribution in [0, 0.1) is 10.1 Å². The summed E-state index contributed by atoms with van der Waals surface area (Å²) >= 11 is 3.74. The van der Waals surface area contributed by atoms with Crippen molar-refractivity contribution >= 4 is 57.6 Å². The summed E-state index contributed by atoms with van der Waals surface area (Å²) in [4.78, 5) is 33.1. The minimum atomic E-state index is -0.454. The molecule has 12 heteroatoms. The average molecular weight is 414 g/mol. The Balaban J connectivity index is 1.72. The number of methoxy groups -OCH3 is 1. The molecule has 0 fully saturated rings. The highest BCUT2D eigenvalue weighted by Gasteiger charge is 2.11. The number of aromatic nitrogens is 2. The minimum Gasteiger partial charge on any atom is -0.468 e. The van der Waals surface area contributed by atoms with Gasteiger partial charge in [0.25, 0.3) is 5.69 Å². The summed E-state index contributed by atoms with van der Waals surface area (Å²) in [5, 5.41) is 21.3. The SMILES string of the molecule is COC(=O)CSc1nnc(NC(=O)CSCc2ccc([N+](=O)[O-])cc2)s1. The molecule has 0 saturated heterocycles. The van der Waals surface area contributed by atoms with Crippen molar-refractivity contribution in [2.45, 2.75) is 10.1 Å². The number of nitro groups is 1. The summed E-state index contributed by atoms with van der Waals surface area (Å²) in [6.45, 7) is 0. The first-order chi connectivity index (χ1) is 12.5. The van der Waals surface area contributed by atoms with Crippen LogP contribution in [0.2, 0.25) is 0 Å². The number of nitrogens with zero attached hydrogens (tertiary/aromatic N) is 3. The zero-order valence-corrected chi connectivity index (χ0v) is 16.0. The second-order valence-electron chi connectivity index (χ2n) is 4.70. The van der Waals surface area contributed by atoms with Gasteiger partial charge in [0.15, 0.2) is 4.34 Å². The van der Waals surface area contributed by atoms with Crippen molar-refractivity contribution in [1.82, 2.24) is 10.2 Å². The van der Waals surface area contributed by atoms with Gasteiger partial charge in [0, 0.05) is 17.9 Å². The van der Waals surface area contributed by atoms with Crippen LogP contribution in [0.3, 0.4) is 0 Å². The van der Waals surface area contributed by atoms with E-state index in [0.29, 0.717) is 15.2 Å². The fourth-order valence-corrected chi connectivity index (χ4v) is 4.02. The van der Waals surface area contributed by atoms with Crippen molar-refractivity contribution in [1.29, 1.82) is 0 Å². The Morgan fingerprint density at radius 3 is 2.65 bits per heavy atom. The molecule has 0 spiro atoms. The number of nitrogens with one attached hydrogen (secondary N) is 1. The van der Waals surface area contributed by atoms with Gasteiger partial charge in [-0.2, -0.15) is 0 Å². The van der Waals surface area contributed by atoms with Gasteiger partial charge in [-0.25, -0.2) is 0 Å². The Bertz CT molecular complexity index is 781. The highest BCUT2D eigenvalue weighted by molar-refractivity contribution is 8.01. The van der Waals surface area contributed by atoms with Crippen molar-refractivity contribution in [3.8, 4) is 0 Å². The lowest BCUT2D eigenvalue weighted by molar-refractivity contribution is -0.384. The number of thioether (sulfide) groups is 2. The van der Waals surface area contributed by atoms with Crippen LogP contribution >= 0.6 is 34.9 Å². The molecule has 0 bridgehead atoms. The summed E-state index contributed by atoms with van der Waals surface area (Å²) in [5.41, 5.74) is 0.930. The van der Waals surface area contributed by atoms with E-state index in [9.17, 15) is 19.7 Å². The molecule has 2 rings (SSSR count). The predicted molar refractivity (Wildman–Crippen MR) is 101 cm³/mol. The Hall–Kier alpha value is -2.18. The summed E-state index contributed by atoms with van der Waals surface area (Å²) in [7, 11) is 1.31. The molecule has 0 saturated carbocycles. The smallest absolute Gasteiger partial charge is 0.316 e. The lowest BCUT2D eigenvalue weighted by Crippen LogP contribution is -2.13. The number of benzene rings is 1. The molecule has 0 unspecified atom stereocenters. The van der Waals surface area contributed by atoms with E-state index in [1.165, 1.54) is 54.1 Å². The third kappa shape index (κ3) is 6.61. The number of non-ortho nitro benzene ring substituents is 1. The molecule has 138 valence electrons. The molecule has 0 aliphatic rings. The van der Waals surface area contributed by atoms with Gasteiger partial charge >= 0.3 is 5.97 Å². The Morgan fingerprint density at radius 2 is 2.00 bits per heavy atom. The van der Waals surface area contributed by atoms with Crippen molar-refractivity contribution in [2.75, 3.05) is 23.9 Å². The molecule has 0 aliphatic heterocycles. The number of hydrogen-bond donors (Lipinski definition) is 1. The van der Waals surface area contributed by atoms with Gasteiger partial charge in [0.2, 0.25) is 11.0 Å². The third-order valence-electron chi connectivity index (χ3n) is 2.84. The molecule has 1 N–H and O–H groups in total. The molecule has 9 nitrogen and oxygen atoms in total. The van der Waals surface area contributed by atoms with Crippen LogP contribution in [0.15, 0.2) is 28.6 Å². The van der Waals surface area contributed by atoms with Crippen molar-refractivity contribution in [3.05, 3.63) is 39.9 Å². The van der Waals surface area contributed by atoms with Crippen LogP contribution in [-0.4, -0.2) is 45.6 Å². The first-order valence-corrected chi connectivity index (χ1v) is 10.1. The molecule has 26 heavy (non-hydrogen) atoms. The Morgan fingerprint density at radius 1 is 1.27 bits per heavy atom. The first-order valence-electron chi connectivity index (χ1n) is 7.12. The van der Waals surface area contributed by atoms with Gasteiger partial charge in [0.05, 0.1) is 23.5 Å². The van der Waals surface area contributed by atoms with Gasteiger partial charge in [-0.15, -0.1) is 22.0 Å².